The van der Waals surface area contributed by atoms with E-state index in [2.05, 4.69) is 26.1 Å². The van der Waals surface area contributed by atoms with Crippen molar-refractivity contribution in [1.82, 2.24) is 0 Å². The van der Waals surface area contributed by atoms with E-state index < -0.39 is 63.9 Å². The molecule has 238 valence electrons. The van der Waals surface area contributed by atoms with Gasteiger partial charge in [-0.15, -0.1) is 0 Å². The number of phenolic OH excluding ortho intramolecular Hbond substituents is 1. The average Bonchev–Trinajstić information content (AvgIpc) is 2.89. The van der Waals surface area contributed by atoms with E-state index in [1.165, 1.54) is 6.07 Å². The molecule has 5 rings (SSSR count). The highest BCUT2D eigenvalue weighted by Gasteiger charge is 2.75. The van der Waals surface area contributed by atoms with E-state index in [4.69, 9.17) is 5.73 Å². The third-order valence-corrected chi connectivity index (χ3v) is 10.7. The first kappa shape index (κ1) is 32.1. The van der Waals surface area contributed by atoms with E-state index in [1.807, 2.05) is 45.0 Å². The van der Waals surface area contributed by atoms with Crippen molar-refractivity contribution in [1.29, 1.82) is 0 Å². The van der Waals surface area contributed by atoms with Crippen LogP contribution in [0.4, 0.5) is 5.69 Å². The third kappa shape index (κ3) is 4.58. The maximum Gasteiger partial charge on any atom is 0.230 e. The number of carbonyl (C=O) groups is 3. The number of primary amides is 1. The zero-order valence-corrected chi connectivity index (χ0v) is 26.6. The fourth-order valence-electron chi connectivity index (χ4n) is 8.94. The molecule has 0 saturated heterocycles. The topological polar surface area (TPSA) is 170 Å². The number of aromatic hydroxyl groups is 1. The zero-order valence-electron chi connectivity index (χ0n) is 26.6. The Kier molecular flexibility index (Phi) is 7.59. The quantitative estimate of drug-likeness (QED) is 0.280. The Morgan fingerprint density at radius 1 is 1.07 bits per heavy atom. The average molecular weight is 607 g/mol. The van der Waals surface area contributed by atoms with Gasteiger partial charge in [-0.3, -0.25) is 14.4 Å². The fourth-order valence-corrected chi connectivity index (χ4v) is 8.94. The monoisotopic (exact) mass is 606 g/mol. The molecule has 0 spiro atoms. The summed E-state index contributed by atoms with van der Waals surface area (Å²) in [5, 5.41) is 49.9. The highest BCUT2D eigenvalue weighted by Crippen LogP contribution is 2.66. The number of amides is 1. The van der Waals surface area contributed by atoms with Gasteiger partial charge in [0.1, 0.15) is 17.8 Å². The second-order valence-corrected chi connectivity index (χ2v) is 15.5. The number of rotatable bonds is 5. The third-order valence-electron chi connectivity index (χ3n) is 10.7. The number of benzene rings is 2. The van der Waals surface area contributed by atoms with Crippen molar-refractivity contribution >= 4 is 23.2 Å². The highest BCUT2D eigenvalue weighted by atomic mass is 16.4. The minimum absolute atomic E-state index is 0.0568. The predicted octanol–water partition coefficient (Wildman–Crippen LogP) is 3.70. The first-order chi connectivity index (χ1) is 20.3. The van der Waals surface area contributed by atoms with Crippen molar-refractivity contribution in [2.24, 2.45) is 45.7 Å². The summed E-state index contributed by atoms with van der Waals surface area (Å²) in [5.41, 5.74) is 4.02. The van der Waals surface area contributed by atoms with Crippen LogP contribution in [0.15, 0.2) is 36.4 Å². The largest absolute Gasteiger partial charge is 0.507 e. The number of carbonyl (C=O) groups excluding carboxylic acids is 3. The Hall–Kier alpha value is -3.27. The summed E-state index contributed by atoms with van der Waals surface area (Å²) in [4.78, 5) is 40.6. The Morgan fingerprint density at radius 2 is 1.68 bits per heavy atom. The second-order valence-electron chi connectivity index (χ2n) is 15.5. The Balaban J connectivity index is 1.63. The molecule has 9 heteroatoms. The fraction of sp³-hybridized carbons (Fsp3) is 0.571. The van der Waals surface area contributed by atoms with E-state index in [0.29, 0.717) is 5.56 Å². The van der Waals surface area contributed by atoms with Crippen molar-refractivity contribution in [2.45, 2.75) is 79.1 Å². The summed E-state index contributed by atoms with van der Waals surface area (Å²) >= 11 is 0. The minimum atomic E-state index is -2.53. The van der Waals surface area contributed by atoms with Crippen LogP contribution in [-0.4, -0.2) is 62.3 Å². The van der Waals surface area contributed by atoms with Gasteiger partial charge in [0, 0.05) is 17.6 Å². The number of nitrogens with one attached hydrogen (secondary N) is 1. The molecule has 44 heavy (non-hydrogen) atoms. The lowest BCUT2D eigenvalue weighted by Gasteiger charge is -2.66. The molecular weight excluding hydrogens is 560 g/mol. The molecule has 0 bridgehead atoms. The molecule has 0 radical (unpaired) electrons. The van der Waals surface area contributed by atoms with E-state index in [0.717, 1.165) is 23.4 Å². The molecule has 7 N–H and O–H groups in total. The summed E-state index contributed by atoms with van der Waals surface area (Å²) in [6, 6.07) is 11.1. The van der Waals surface area contributed by atoms with Crippen LogP contribution < -0.4 is 11.1 Å². The van der Waals surface area contributed by atoms with Crippen LogP contribution in [0.5, 0.6) is 5.75 Å². The Morgan fingerprint density at radius 3 is 2.23 bits per heavy atom. The number of fused-ring (bicyclic) bond motifs is 3. The van der Waals surface area contributed by atoms with Crippen LogP contribution in [0.3, 0.4) is 0 Å². The normalized spacial score (nSPS) is 35.1. The molecular formula is C35H46N2O7. The molecule has 2 unspecified atom stereocenters. The summed E-state index contributed by atoms with van der Waals surface area (Å²) in [6.07, 6.45) is -2.99. The van der Waals surface area contributed by atoms with Gasteiger partial charge in [0.2, 0.25) is 5.91 Å². The number of nitrogens with two attached hydrogens (primary N) is 1. The van der Waals surface area contributed by atoms with E-state index in [-0.39, 0.29) is 35.5 Å². The maximum absolute atomic E-state index is 14.3. The molecule has 2 aromatic carbocycles. The summed E-state index contributed by atoms with van der Waals surface area (Å²) in [5.74, 6) is -7.05. The highest BCUT2D eigenvalue weighted by molar-refractivity contribution is 6.09. The summed E-state index contributed by atoms with van der Waals surface area (Å²) < 4.78 is 0. The second kappa shape index (κ2) is 10.4. The molecule has 0 aromatic heterocycles. The molecule has 1 amide bonds. The van der Waals surface area contributed by atoms with Crippen molar-refractivity contribution in [3.8, 4) is 16.9 Å². The predicted molar refractivity (Wildman–Crippen MR) is 167 cm³/mol. The van der Waals surface area contributed by atoms with E-state index in [9.17, 15) is 34.8 Å². The van der Waals surface area contributed by atoms with Crippen LogP contribution >= 0.6 is 0 Å². The number of Topliss-reactive ketones (excluding diaryl/α,β-unsaturated/α-hetero) is 2. The molecule has 3 aliphatic rings. The van der Waals surface area contributed by atoms with Crippen molar-refractivity contribution in [3.63, 3.8) is 0 Å². The van der Waals surface area contributed by atoms with Crippen LogP contribution in [0.25, 0.3) is 11.1 Å². The first-order valence-electron chi connectivity index (χ1n) is 15.4. The summed E-state index contributed by atoms with van der Waals surface area (Å²) in [7, 11) is 0. The lowest BCUT2D eigenvalue weighted by atomic mass is 9.39. The van der Waals surface area contributed by atoms with E-state index in [1.54, 1.807) is 13.0 Å². The molecule has 2 aromatic rings. The van der Waals surface area contributed by atoms with Gasteiger partial charge in [-0.2, -0.15) is 0 Å². The van der Waals surface area contributed by atoms with Gasteiger partial charge in [0.25, 0.3) is 0 Å². The number of phenols is 1. The van der Waals surface area contributed by atoms with Gasteiger partial charge in [0.05, 0.1) is 17.6 Å². The Labute approximate surface area is 258 Å². The van der Waals surface area contributed by atoms with Crippen LogP contribution in [0.1, 0.15) is 70.8 Å². The first-order valence-corrected chi connectivity index (χ1v) is 15.4. The Bertz CT molecular complexity index is 1510. The van der Waals surface area contributed by atoms with Crippen LogP contribution in [0.2, 0.25) is 0 Å². The lowest BCUT2D eigenvalue weighted by molar-refractivity contribution is -0.265. The molecule has 2 fully saturated rings. The number of hydrogen-bond donors (Lipinski definition) is 6. The van der Waals surface area contributed by atoms with Crippen LogP contribution in [-0.2, 0) is 16.0 Å². The lowest BCUT2D eigenvalue weighted by Crippen LogP contribution is -2.79. The molecule has 9 nitrogen and oxygen atoms in total. The number of anilines is 1. The molecule has 3 aliphatic carbocycles. The van der Waals surface area contributed by atoms with Gasteiger partial charge >= 0.3 is 0 Å². The standard InChI is InChI=1S/C35H46N2O7/c1-17(2)25-28(40)24(31(36)43)29(41)35(44)30(42)26-27(39)23-21(14-33(26,6)15-34(25,35)7)20(12-13-22(23)38)18-8-10-19(11-9-18)37-16-32(3,4)5/h8-13,17,24-26,28,30,37-38,40,42,44H,14-16H2,1-7H3,(H2,36,43)/t24-,25+,26-,28?,30?,33-,34-,35+/m1/s1. The van der Waals surface area contributed by atoms with E-state index >= 15 is 0 Å². The van der Waals surface area contributed by atoms with Gasteiger partial charge in [-0.05, 0) is 70.4 Å². The minimum Gasteiger partial charge on any atom is -0.507 e. The van der Waals surface area contributed by atoms with Crippen LogP contribution in [0, 0.1) is 39.9 Å². The van der Waals surface area contributed by atoms with Crippen molar-refractivity contribution in [2.75, 3.05) is 11.9 Å². The van der Waals surface area contributed by atoms with Gasteiger partial charge < -0.3 is 31.5 Å². The SMILES string of the molecule is CC(C)[C@H]1C(O)[C@@H](C(N)=O)C(=O)[C@]2(O)C(O)[C@H]3C(=O)c4c(O)ccc(-c5ccc(NCC(C)(C)C)cc5)c4C[C@]3(C)C[C@]12C. The molecule has 2 saturated carbocycles. The number of hydrogen-bond acceptors (Lipinski definition) is 8. The zero-order chi connectivity index (χ0) is 32.7. The number of ketones is 2. The molecule has 0 aliphatic heterocycles. The van der Waals surface area contributed by atoms with Crippen molar-refractivity contribution < 1.29 is 34.8 Å². The number of aliphatic hydroxyl groups is 3. The maximum atomic E-state index is 14.3. The van der Waals surface area contributed by atoms with Crippen molar-refractivity contribution in [3.05, 3.63) is 47.5 Å². The van der Waals surface area contributed by atoms with Gasteiger partial charge in [0.15, 0.2) is 17.2 Å². The summed E-state index contributed by atoms with van der Waals surface area (Å²) in [6.45, 7) is 14.4. The smallest absolute Gasteiger partial charge is 0.230 e. The molecule has 8 atom stereocenters. The van der Waals surface area contributed by atoms with Gasteiger partial charge in [-0.1, -0.05) is 66.7 Å². The van der Waals surface area contributed by atoms with Gasteiger partial charge in [-0.25, -0.2) is 0 Å². The molecule has 0 heterocycles. The number of aliphatic hydroxyl groups excluding tert-OH is 2.